The summed E-state index contributed by atoms with van der Waals surface area (Å²) < 4.78 is 5.59. The third kappa shape index (κ3) is 3.87. The van der Waals surface area contributed by atoms with Crippen molar-refractivity contribution in [2.75, 3.05) is 13.7 Å². The van der Waals surface area contributed by atoms with E-state index in [4.69, 9.17) is 4.74 Å². The summed E-state index contributed by atoms with van der Waals surface area (Å²) in [5.41, 5.74) is 2.84. The van der Waals surface area contributed by atoms with Gasteiger partial charge < -0.3 is 14.6 Å². The zero-order valence-corrected chi connectivity index (χ0v) is 17.7. The minimum absolute atomic E-state index is 0.0394. The number of H-pyrrole nitrogens is 1. The van der Waals surface area contributed by atoms with E-state index in [1.54, 1.807) is 31.9 Å². The van der Waals surface area contributed by atoms with E-state index in [0.29, 0.717) is 17.8 Å². The van der Waals surface area contributed by atoms with E-state index in [-0.39, 0.29) is 18.1 Å². The van der Waals surface area contributed by atoms with Gasteiger partial charge in [0.15, 0.2) is 0 Å². The molecule has 7 nitrogen and oxygen atoms in total. The van der Waals surface area contributed by atoms with Crippen molar-refractivity contribution >= 4 is 17.2 Å². The van der Waals surface area contributed by atoms with Crippen LogP contribution in [0.2, 0.25) is 0 Å². The number of hydrogen-bond acceptors (Lipinski definition) is 6. The Kier molecular flexibility index (Phi) is 5.31. The zero-order chi connectivity index (χ0) is 21.2. The van der Waals surface area contributed by atoms with Gasteiger partial charge in [0.1, 0.15) is 15.7 Å². The molecule has 1 fully saturated rings. The van der Waals surface area contributed by atoms with Crippen molar-refractivity contribution in [2.24, 2.45) is 0 Å². The lowest BCUT2D eigenvalue weighted by Gasteiger charge is -2.22. The molecule has 0 radical (unpaired) electrons. The summed E-state index contributed by atoms with van der Waals surface area (Å²) >= 11 is 1.41. The maximum Gasteiger partial charge on any atom is 0.266 e. The number of ether oxygens (including phenoxy) is 1. The number of carbonyl (C=O) groups is 1. The highest BCUT2D eigenvalue weighted by atomic mass is 32.1. The molecule has 1 amide bonds. The summed E-state index contributed by atoms with van der Waals surface area (Å²) in [6.07, 6.45) is 7.62. The second-order valence-electron chi connectivity index (χ2n) is 7.39. The molecule has 8 heteroatoms. The van der Waals surface area contributed by atoms with Crippen molar-refractivity contribution in [1.82, 2.24) is 24.8 Å². The van der Waals surface area contributed by atoms with Crippen molar-refractivity contribution in [2.45, 2.75) is 18.6 Å². The first-order valence-corrected chi connectivity index (χ1v) is 10.8. The molecule has 0 aliphatic carbocycles. The Morgan fingerprint density at radius 2 is 1.94 bits per heavy atom. The molecular weight excluding hydrogens is 410 g/mol. The summed E-state index contributed by atoms with van der Waals surface area (Å²) in [5, 5.41) is 0.833. The van der Waals surface area contributed by atoms with Gasteiger partial charge in [-0.05, 0) is 12.1 Å². The molecular formula is C23H21N5O2S. The molecule has 2 atom stereocenters. The van der Waals surface area contributed by atoms with Crippen LogP contribution in [0.3, 0.4) is 0 Å². The van der Waals surface area contributed by atoms with Crippen LogP contribution in [0.15, 0.2) is 67.3 Å². The third-order valence-corrected chi connectivity index (χ3v) is 6.51. The van der Waals surface area contributed by atoms with Crippen LogP contribution in [0, 0.1) is 0 Å². The van der Waals surface area contributed by atoms with Crippen molar-refractivity contribution in [1.29, 1.82) is 0 Å². The lowest BCUT2D eigenvalue weighted by molar-refractivity contribution is 0.0689. The highest BCUT2D eigenvalue weighted by Gasteiger charge is 2.39. The van der Waals surface area contributed by atoms with Gasteiger partial charge in [0.05, 0.1) is 30.2 Å². The molecule has 31 heavy (non-hydrogen) atoms. The molecule has 5 rings (SSSR count). The van der Waals surface area contributed by atoms with E-state index in [0.717, 1.165) is 27.7 Å². The van der Waals surface area contributed by atoms with Gasteiger partial charge in [0.25, 0.3) is 5.91 Å². The highest BCUT2D eigenvalue weighted by Crippen LogP contribution is 2.35. The Hall–Kier alpha value is -3.36. The van der Waals surface area contributed by atoms with E-state index < -0.39 is 0 Å². The number of thiazole rings is 1. The number of methoxy groups -OCH3 is 1. The Morgan fingerprint density at radius 1 is 1.10 bits per heavy atom. The molecule has 0 unspecified atom stereocenters. The fourth-order valence-corrected chi connectivity index (χ4v) is 4.73. The number of hydrogen-bond donors (Lipinski definition) is 1. The number of benzene rings is 1. The smallest absolute Gasteiger partial charge is 0.266 e. The van der Waals surface area contributed by atoms with E-state index in [9.17, 15) is 4.79 Å². The standard InChI is InChI=1S/C23H21N5O2S/c1-30-17-10-19(21-25-12-18(27-21)16-8-5-9-24-11-16)28(14-17)23(29)20-13-26-22(31-20)15-6-3-2-4-7-15/h2-9,11-13,17,19H,10,14H2,1H3,(H,25,27)/t17-,19-/m0/s1. The van der Waals surface area contributed by atoms with Crippen LogP contribution < -0.4 is 0 Å². The predicted molar refractivity (Wildman–Crippen MR) is 119 cm³/mol. The molecule has 3 aromatic heterocycles. The summed E-state index contributed by atoms with van der Waals surface area (Å²) in [7, 11) is 1.68. The maximum absolute atomic E-state index is 13.4. The first-order chi connectivity index (χ1) is 15.2. The Bertz CT molecular complexity index is 1170. The fourth-order valence-electron chi connectivity index (χ4n) is 3.86. The minimum Gasteiger partial charge on any atom is -0.380 e. The molecule has 0 spiro atoms. The molecule has 1 aliphatic rings. The molecule has 0 saturated carbocycles. The van der Waals surface area contributed by atoms with Gasteiger partial charge in [0.2, 0.25) is 0 Å². The van der Waals surface area contributed by atoms with Crippen LogP contribution in [-0.2, 0) is 4.74 Å². The summed E-state index contributed by atoms with van der Waals surface area (Å²) in [6.45, 7) is 0.515. The fraction of sp³-hybridized carbons (Fsp3) is 0.217. The zero-order valence-electron chi connectivity index (χ0n) is 16.9. The van der Waals surface area contributed by atoms with Crippen LogP contribution in [0.1, 0.15) is 28.0 Å². The summed E-state index contributed by atoms with van der Waals surface area (Å²) in [4.78, 5) is 32.4. The number of imidazole rings is 1. The van der Waals surface area contributed by atoms with Gasteiger partial charge in [-0.25, -0.2) is 9.97 Å². The Labute approximate surface area is 183 Å². The molecule has 1 N–H and O–H groups in total. The van der Waals surface area contributed by atoms with Crippen molar-refractivity contribution in [3.8, 4) is 21.8 Å². The van der Waals surface area contributed by atoms with Crippen LogP contribution in [0.4, 0.5) is 0 Å². The number of likely N-dealkylation sites (tertiary alicyclic amines) is 1. The second kappa shape index (κ2) is 8.41. The number of nitrogens with one attached hydrogen (secondary N) is 1. The largest absolute Gasteiger partial charge is 0.380 e. The average Bonchev–Trinajstić information content (AvgIpc) is 3.59. The van der Waals surface area contributed by atoms with Gasteiger partial charge in [-0.15, -0.1) is 11.3 Å². The van der Waals surface area contributed by atoms with Crippen LogP contribution in [0.25, 0.3) is 21.8 Å². The first kappa shape index (κ1) is 19.6. The van der Waals surface area contributed by atoms with Crippen LogP contribution >= 0.6 is 11.3 Å². The number of rotatable bonds is 5. The number of amides is 1. The molecule has 4 heterocycles. The highest BCUT2D eigenvalue weighted by molar-refractivity contribution is 7.16. The van der Waals surface area contributed by atoms with Crippen molar-refractivity contribution < 1.29 is 9.53 Å². The van der Waals surface area contributed by atoms with Gasteiger partial charge in [-0.1, -0.05) is 30.3 Å². The SMILES string of the molecule is CO[C@H]1C[C@@H](c2ncc(-c3cccnc3)[nH]2)N(C(=O)c2cnc(-c3ccccc3)s2)C1. The number of aromatic nitrogens is 4. The third-order valence-electron chi connectivity index (χ3n) is 5.48. The van der Waals surface area contributed by atoms with Crippen LogP contribution in [-0.4, -0.2) is 50.5 Å². The normalized spacial score (nSPS) is 18.4. The van der Waals surface area contributed by atoms with E-state index in [2.05, 4.69) is 19.9 Å². The van der Waals surface area contributed by atoms with E-state index in [1.807, 2.05) is 47.4 Å². The van der Waals surface area contributed by atoms with E-state index in [1.165, 1.54) is 11.3 Å². The quantitative estimate of drug-likeness (QED) is 0.512. The number of nitrogens with zero attached hydrogens (tertiary/aromatic N) is 4. The number of aromatic amines is 1. The lowest BCUT2D eigenvalue weighted by atomic mass is 10.2. The van der Waals surface area contributed by atoms with Gasteiger partial charge in [-0.3, -0.25) is 9.78 Å². The Morgan fingerprint density at radius 3 is 2.71 bits per heavy atom. The molecule has 1 saturated heterocycles. The van der Waals surface area contributed by atoms with Crippen molar-refractivity contribution in [3.63, 3.8) is 0 Å². The number of pyridine rings is 1. The molecule has 1 aliphatic heterocycles. The van der Waals surface area contributed by atoms with Crippen molar-refractivity contribution in [3.05, 3.63) is 78.0 Å². The maximum atomic E-state index is 13.4. The van der Waals surface area contributed by atoms with Gasteiger partial charge in [0, 0.05) is 43.6 Å². The van der Waals surface area contributed by atoms with Gasteiger partial charge >= 0.3 is 0 Å². The number of carbonyl (C=O) groups excluding carboxylic acids is 1. The summed E-state index contributed by atoms with van der Waals surface area (Å²) in [6, 6.07) is 13.6. The minimum atomic E-state index is -0.190. The molecule has 4 aromatic rings. The topological polar surface area (TPSA) is 84.0 Å². The molecule has 1 aromatic carbocycles. The monoisotopic (exact) mass is 431 g/mol. The first-order valence-electron chi connectivity index (χ1n) is 10.0. The van der Waals surface area contributed by atoms with Gasteiger partial charge in [-0.2, -0.15) is 0 Å². The second-order valence-corrected chi connectivity index (χ2v) is 8.42. The van der Waals surface area contributed by atoms with E-state index >= 15 is 0 Å². The Balaban J connectivity index is 1.42. The van der Waals surface area contributed by atoms with Crippen LogP contribution in [0.5, 0.6) is 0 Å². The molecule has 156 valence electrons. The average molecular weight is 432 g/mol. The predicted octanol–water partition coefficient (Wildman–Crippen LogP) is 4.20. The summed E-state index contributed by atoms with van der Waals surface area (Å²) in [5.74, 6) is 0.697. The molecule has 0 bridgehead atoms. The lowest BCUT2D eigenvalue weighted by Crippen LogP contribution is -2.32.